The van der Waals surface area contributed by atoms with E-state index in [9.17, 15) is 19.2 Å². The van der Waals surface area contributed by atoms with E-state index in [1.54, 1.807) is 45.0 Å². The van der Waals surface area contributed by atoms with Crippen molar-refractivity contribution < 1.29 is 23.9 Å². The van der Waals surface area contributed by atoms with Crippen molar-refractivity contribution in [3.05, 3.63) is 35.4 Å². The van der Waals surface area contributed by atoms with Crippen molar-refractivity contribution in [2.45, 2.75) is 71.1 Å². The fourth-order valence-corrected chi connectivity index (χ4v) is 3.74. The van der Waals surface area contributed by atoms with Crippen LogP contribution in [0.4, 0.5) is 9.59 Å². The molecule has 0 aromatic heterocycles. The Morgan fingerprint density at radius 3 is 2.35 bits per heavy atom. The van der Waals surface area contributed by atoms with Crippen molar-refractivity contribution in [3.63, 3.8) is 0 Å². The Hall–Kier alpha value is -3.10. The Bertz CT molecular complexity index is 867. The number of amides is 5. The summed E-state index contributed by atoms with van der Waals surface area (Å²) in [6.45, 7) is 7.71. The smallest absolute Gasteiger partial charge is 0.407 e. The molecule has 1 aromatic carbocycles. The summed E-state index contributed by atoms with van der Waals surface area (Å²) in [5, 5.41) is 6.20. The highest BCUT2D eigenvalue weighted by atomic mass is 16.6. The molecule has 2 aliphatic rings. The van der Waals surface area contributed by atoms with Crippen molar-refractivity contribution in [1.82, 2.24) is 21.1 Å². The third-order valence-corrected chi connectivity index (χ3v) is 5.55. The summed E-state index contributed by atoms with van der Waals surface area (Å²) in [5.74, 6) is -0.449. The van der Waals surface area contributed by atoms with Gasteiger partial charge in [0.15, 0.2) is 0 Å². The average Bonchev–Trinajstić information content (AvgIpc) is 2.92. The van der Waals surface area contributed by atoms with Crippen LogP contribution >= 0.6 is 0 Å². The van der Waals surface area contributed by atoms with Gasteiger partial charge < -0.3 is 15.4 Å². The van der Waals surface area contributed by atoms with E-state index in [1.165, 1.54) is 0 Å². The fraction of sp³-hybridized carbons (Fsp3) is 0.545. The summed E-state index contributed by atoms with van der Waals surface area (Å²) in [5.41, 5.74) is 1.99. The highest BCUT2D eigenvalue weighted by Gasteiger charge is 2.52. The van der Waals surface area contributed by atoms with Gasteiger partial charge in [-0.15, -0.1) is 0 Å². The lowest BCUT2D eigenvalue weighted by Gasteiger charge is -2.33. The lowest BCUT2D eigenvalue weighted by Crippen LogP contribution is -2.51. The second-order valence-electron chi connectivity index (χ2n) is 9.33. The number of urea groups is 1. The van der Waals surface area contributed by atoms with Gasteiger partial charge in [-0.2, -0.15) is 5.01 Å². The summed E-state index contributed by atoms with van der Waals surface area (Å²) in [6, 6.07) is 5.89. The average molecular weight is 431 g/mol. The number of ether oxygens (including phenoxy) is 1. The summed E-state index contributed by atoms with van der Waals surface area (Å²) in [7, 11) is 0. The second kappa shape index (κ2) is 8.56. The van der Waals surface area contributed by atoms with E-state index in [1.807, 2.05) is 0 Å². The molecule has 9 heteroatoms. The maximum absolute atomic E-state index is 12.8. The monoisotopic (exact) mass is 430 g/mol. The quantitative estimate of drug-likeness (QED) is 0.635. The number of imide groups is 1. The SMILES string of the molecule is CC1CCC2(CC1)NC(=O)N(NC(=O)c1ccc(CNC(=O)OC(C)(C)C)cc1)C2=O. The Morgan fingerprint density at radius 1 is 1.16 bits per heavy atom. The van der Waals surface area contributed by atoms with Crippen molar-refractivity contribution in [3.8, 4) is 0 Å². The van der Waals surface area contributed by atoms with Crippen LogP contribution < -0.4 is 16.1 Å². The van der Waals surface area contributed by atoms with Gasteiger partial charge in [0.25, 0.3) is 11.8 Å². The first kappa shape index (κ1) is 22.6. The van der Waals surface area contributed by atoms with Crippen LogP contribution in [0.3, 0.4) is 0 Å². The second-order valence-corrected chi connectivity index (χ2v) is 9.33. The van der Waals surface area contributed by atoms with Crippen LogP contribution in [0.25, 0.3) is 0 Å². The molecule has 0 bridgehead atoms. The molecule has 2 fully saturated rings. The molecular formula is C22H30N4O5. The molecule has 1 spiro atoms. The van der Waals surface area contributed by atoms with Gasteiger partial charge in [-0.3, -0.25) is 15.0 Å². The van der Waals surface area contributed by atoms with Gasteiger partial charge >= 0.3 is 12.1 Å². The molecule has 1 heterocycles. The van der Waals surface area contributed by atoms with Gasteiger partial charge in [0.1, 0.15) is 11.1 Å². The standard InChI is InChI=1S/C22H30N4O5/c1-14-9-11-22(12-10-14)18(28)26(19(29)24-22)25-17(27)16-7-5-15(6-8-16)13-23-20(30)31-21(2,3)4/h5-8,14H,9-13H2,1-4H3,(H,23,30)(H,24,29)(H,25,27). The van der Waals surface area contributed by atoms with Crippen LogP contribution in [0.5, 0.6) is 0 Å². The van der Waals surface area contributed by atoms with Crippen molar-refractivity contribution in [2.24, 2.45) is 5.92 Å². The fourth-order valence-electron chi connectivity index (χ4n) is 3.74. The van der Waals surface area contributed by atoms with E-state index in [0.29, 0.717) is 24.3 Å². The molecular weight excluding hydrogens is 400 g/mol. The molecule has 0 unspecified atom stereocenters. The molecule has 168 valence electrons. The molecule has 0 atom stereocenters. The minimum atomic E-state index is -0.909. The number of benzene rings is 1. The number of hydrogen-bond donors (Lipinski definition) is 3. The molecule has 1 aliphatic carbocycles. The van der Waals surface area contributed by atoms with Gasteiger partial charge in [0.2, 0.25) is 0 Å². The van der Waals surface area contributed by atoms with Crippen LogP contribution in [0.2, 0.25) is 0 Å². The Kier molecular flexibility index (Phi) is 6.24. The van der Waals surface area contributed by atoms with E-state index in [0.717, 1.165) is 23.4 Å². The number of hydrogen-bond acceptors (Lipinski definition) is 5. The summed E-state index contributed by atoms with van der Waals surface area (Å²) < 4.78 is 5.18. The number of carbonyl (C=O) groups is 4. The molecule has 9 nitrogen and oxygen atoms in total. The highest BCUT2D eigenvalue weighted by Crippen LogP contribution is 2.35. The number of rotatable bonds is 4. The van der Waals surface area contributed by atoms with Crippen LogP contribution in [0.15, 0.2) is 24.3 Å². The molecule has 1 aromatic rings. The van der Waals surface area contributed by atoms with Gasteiger partial charge in [0.05, 0.1) is 0 Å². The number of carbonyl (C=O) groups excluding carboxylic acids is 4. The normalized spacial score (nSPS) is 23.5. The van der Waals surface area contributed by atoms with Gasteiger partial charge in [-0.05, 0) is 70.1 Å². The highest BCUT2D eigenvalue weighted by molar-refractivity contribution is 6.09. The number of hydrazine groups is 1. The van der Waals surface area contributed by atoms with E-state index in [-0.39, 0.29) is 6.54 Å². The number of nitrogens with zero attached hydrogens (tertiary/aromatic N) is 1. The molecule has 31 heavy (non-hydrogen) atoms. The van der Waals surface area contributed by atoms with E-state index in [4.69, 9.17) is 4.74 Å². The Morgan fingerprint density at radius 2 is 1.77 bits per heavy atom. The number of alkyl carbamates (subject to hydrolysis) is 1. The van der Waals surface area contributed by atoms with Crippen LogP contribution in [-0.2, 0) is 16.1 Å². The zero-order valence-corrected chi connectivity index (χ0v) is 18.4. The van der Waals surface area contributed by atoms with Crippen LogP contribution in [-0.4, -0.2) is 40.1 Å². The minimum Gasteiger partial charge on any atom is -0.444 e. The zero-order chi connectivity index (χ0) is 22.8. The van der Waals surface area contributed by atoms with Crippen molar-refractivity contribution in [2.75, 3.05) is 0 Å². The molecule has 3 rings (SSSR count). The predicted octanol–water partition coefficient (Wildman–Crippen LogP) is 2.86. The first-order chi connectivity index (χ1) is 14.5. The van der Waals surface area contributed by atoms with Crippen LogP contribution in [0, 0.1) is 5.92 Å². The Labute approximate surface area is 181 Å². The predicted molar refractivity (Wildman–Crippen MR) is 113 cm³/mol. The van der Waals surface area contributed by atoms with E-state index in [2.05, 4.69) is 23.0 Å². The third-order valence-electron chi connectivity index (χ3n) is 5.55. The Balaban J connectivity index is 1.56. The third kappa shape index (κ3) is 5.34. The van der Waals surface area contributed by atoms with Gasteiger partial charge in [0, 0.05) is 12.1 Å². The molecule has 0 radical (unpaired) electrons. The van der Waals surface area contributed by atoms with Crippen molar-refractivity contribution >= 4 is 23.9 Å². The first-order valence-corrected chi connectivity index (χ1v) is 10.5. The molecule has 1 aliphatic heterocycles. The van der Waals surface area contributed by atoms with Crippen LogP contribution in [0.1, 0.15) is 69.3 Å². The molecule has 5 amide bonds. The molecule has 3 N–H and O–H groups in total. The zero-order valence-electron chi connectivity index (χ0n) is 18.4. The van der Waals surface area contributed by atoms with Gasteiger partial charge in [-0.25, -0.2) is 9.59 Å². The van der Waals surface area contributed by atoms with E-state index < -0.39 is 35.1 Å². The lowest BCUT2D eigenvalue weighted by atomic mass is 9.77. The van der Waals surface area contributed by atoms with Gasteiger partial charge in [-0.1, -0.05) is 19.1 Å². The van der Waals surface area contributed by atoms with E-state index >= 15 is 0 Å². The lowest BCUT2D eigenvalue weighted by molar-refractivity contribution is -0.134. The molecule has 1 saturated heterocycles. The molecule has 1 saturated carbocycles. The summed E-state index contributed by atoms with van der Waals surface area (Å²) >= 11 is 0. The topological polar surface area (TPSA) is 117 Å². The maximum atomic E-state index is 12.8. The summed E-state index contributed by atoms with van der Waals surface area (Å²) in [6.07, 6.45) is 2.33. The summed E-state index contributed by atoms with van der Waals surface area (Å²) in [4.78, 5) is 49.5. The van der Waals surface area contributed by atoms with Crippen molar-refractivity contribution in [1.29, 1.82) is 0 Å². The first-order valence-electron chi connectivity index (χ1n) is 10.5. The minimum absolute atomic E-state index is 0.241. The maximum Gasteiger partial charge on any atom is 0.407 e. The largest absolute Gasteiger partial charge is 0.444 e. The number of nitrogens with one attached hydrogen (secondary N) is 3.